The molecule has 1 saturated heterocycles. The lowest BCUT2D eigenvalue weighted by molar-refractivity contribution is -0.137. The lowest BCUT2D eigenvalue weighted by atomic mass is 10.1. The second-order valence-corrected chi connectivity index (χ2v) is 6.16. The second-order valence-electron chi connectivity index (χ2n) is 6.16. The van der Waals surface area contributed by atoms with Gasteiger partial charge in [-0.1, -0.05) is 19.1 Å². The summed E-state index contributed by atoms with van der Waals surface area (Å²) in [4.78, 5) is 14.7. The van der Waals surface area contributed by atoms with Crippen LogP contribution >= 0.6 is 0 Å². The highest BCUT2D eigenvalue weighted by Gasteiger charge is 2.25. The van der Waals surface area contributed by atoms with E-state index in [1.165, 1.54) is 0 Å². The Kier molecular flexibility index (Phi) is 6.86. The van der Waals surface area contributed by atoms with E-state index >= 15 is 0 Å². The zero-order valence-corrected chi connectivity index (χ0v) is 14.4. The predicted molar refractivity (Wildman–Crippen MR) is 90.5 cm³/mol. The van der Waals surface area contributed by atoms with Crippen molar-refractivity contribution in [3.8, 4) is 5.75 Å². The van der Waals surface area contributed by atoms with Crippen LogP contribution in [0.1, 0.15) is 25.3 Å². The molecule has 5 nitrogen and oxygen atoms in total. The van der Waals surface area contributed by atoms with Crippen molar-refractivity contribution < 1.29 is 14.3 Å². The first kappa shape index (κ1) is 17.8. The molecule has 2 unspecified atom stereocenters. The normalized spacial score (nSPS) is 18.7. The van der Waals surface area contributed by atoms with Crippen molar-refractivity contribution in [1.82, 2.24) is 10.2 Å². The minimum Gasteiger partial charge on any atom is -0.497 e. The average molecular weight is 320 g/mol. The summed E-state index contributed by atoms with van der Waals surface area (Å²) in [5, 5.41) is 3.08. The first-order valence-corrected chi connectivity index (χ1v) is 8.32. The van der Waals surface area contributed by atoms with Gasteiger partial charge in [0.1, 0.15) is 5.75 Å². The van der Waals surface area contributed by atoms with Crippen LogP contribution in [0.15, 0.2) is 24.3 Å². The molecule has 1 aliphatic rings. The summed E-state index contributed by atoms with van der Waals surface area (Å²) in [5.74, 6) is 0.931. The Morgan fingerprint density at radius 2 is 2.35 bits per heavy atom. The lowest BCUT2D eigenvalue weighted by Crippen LogP contribution is -2.42. The zero-order valence-electron chi connectivity index (χ0n) is 14.4. The number of rotatable bonds is 8. The molecule has 1 aliphatic heterocycles. The molecule has 2 atom stereocenters. The van der Waals surface area contributed by atoms with E-state index in [1.54, 1.807) is 7.11 Å². The topological polar surface area (TPSA) is 50.8 Å². The Hall–Kier alpha value is -1.59. The monoisotopic (exact) mass is 320 g/mol. The molecule has 0 saturated carbocycles. The lowest BCUT2D eigenvalue weighted by Gasteiger charge is -2.28. The number of amides is 1. The molecule has 0 aliphatic carbocycles. The number of carbonyl (C=O) groups excluding carboxylic acids is 1. The van der Waals surface area contributed by atoms with Crippen LogP contribution in [0.25, 0.3) is 0 Å². The summed E-state index contributed by atoms with van der Waals surface area (Å²) in [7, 11) is 3.53. The summed E-state index contributed by atoms with van der Waals surface area (Å²) in [5.41, 5.74) is 1.08. The predicted octanol–water partition coefficient (Wildman–Crippen LogP) is 2.06. The Labute approximate surface area is 139 Å². The highest BCUT2D eigenvalue weighted by molar-refractivity contribution is 5.78. The Morgan fingerprint density at radius 3 is 3.00 bits per heavy atom. The molecular formula is C18H28N2O3. The van der Waals surface area contributed by atoms with E-state index in [2.05, 4.69) is 5.32 Å². The molecule has 5 heteroatoms. The SMILES string of the molecule is CNCC(C)C(=O)N(Cc1cccc(OC)c1)CC1CCCO1. The van der Waals surface area contributed by atoms with Gasteiger partial charge in [0.2, 0.25) is 5.91 Å². The van der Waals surface area contributed by atoms with E-state index in [0.29, 0.717) is 19.6 Å². The molecule has 1 aromatic carbocycles. The van der Waals surface area contributed by atoms with E-state index < -0.39 is 0 Å². The number of nitrogens with one attached hydrogen (secondary N) is 1. The smallest absolute Gasteiger partial charge is 0.227 e. The van der Waals surface area contributed by atoms with Crippen molar-refractivity contribution in [1.29, 1.82) is 0 Å². The summed E-state index contributed by atoms with van der Waals surface area (Å²) < 4.78 is 11.0. The van der Waals surface area contributed by atoms with Gasteiger partial charge >= 0.3 is 0 Å². The number of ether oxygens (including phenoxy) is 2. The summed E-state index contributed by atoms with van der Waals surface area (Å²) in [6, 6.07) is 7.89. The van der Waals surface area contributed by atoms with Crippen molar-refractivity contribution in [2.75, 3.05) is 33.9 Å². The van der Waals surface area contributed by atoms with Gasteiger partial charge in [0.25, 0.3) is 0 Å². The van der Waals surface area contributed by atoms with E-state index in [9.17, 15) is 4.79 Å². The van der Waals surface area contributed by atoms with Crippen LogP contribution in [0.4, 0.5) is 0 Å². The van der Waals surface area contributed by atoms with Crippen LogP contribution in [-0.4, -0.2) is 50.8 Å². The molecule has 1 amide bonds. The van der Waals surface area contributed by atoms with Crippen LogP contribution in [0.2, 0.25) is 0 Å². The maximum atomic E-state index is 12.8. The van der Waals surface area contributed by atoms with Gasteiger partial charge in [0.15, 0.2) is 0 Å². The van der Waals surface area contributed by atoms with Crippen molar-refractivity contribution in [2.24, 2.45) is 5.92 Å². The Bertz CT molecular complexity index is 501. The summed E-state index contributed by atoms with van der Waals surface area (Å²) >= 11 is 0. The molecule has 1 N–H and O–H groups in total. The van der Waals surface area contributed by atoms with Crippen molar-refractivity contribution in [3.63, 3.8) is 0 Å². The molecule has 0 aromatic heterocycles. The van der Waals surface area contributed by atoms with E-state index in [1.807, 2.05) is 43.1 Å². The standard InChI is InChI=1S/C18H28N2O3/c1-14(11-19-2)18(21)20(13-17-8-5-9-23-17)12-15-6-4-7-16(10-15)22-3/h4,6-7,10,14,17,19H,5,8-9,11-13H2,1-3H3. The van der Waals surface area contributed by atoms with Gasteiger partial charge in [-0.3, -0.25) is 4.79 Å². The highest BCUT2D eigenvalue weighted by Crippen LogP contribution is 2.19. The number of benzene rings is 1. The summed E-state index contributed by atoms with van der Waals surface area (Å²) in [6.07, 6.45) is 2.27. The highest BCUT2D eigenvalue weighted by atomic mass is 16.5. The van der Waals surface area contributed by atoms with Crippen molar-refractivity contribution >= 4 is 5.91 Å². The number of methoxy groups -OCH3 is 1. The fourth-order valence-electron chi connectivity index (χ4n) is 2.96. The van der Waals surface area contributed by atoms with Gasteiger partial charge in [0.05, 0.1) is 13.2 Å². The van der Waals surface area contributed by atoms with Gasteiger partial charge in [-0.05, 0) is 37.6 Å². The molecule has 0 radical (unpaired) electrons. The molecule has 2 rings (SSSR count). The molecule has 1 aromatic rings. The average Bonchev–Trinajstić information content (AvgIpc) is 3.07. The molecule has 0 bridgehead atoms. The van der Waals surface area contributed by atoms with Gasteiger partial charge in [0, 0.05) is 32.2 Å². The van der Waals surface area contributed by atoms with Gasteiger partial charge in [-0.25, -0.2) is 0 Å². The van der Waals surface area contributed by atoms with Crippen LogP contribution in [-0.2, 0) is 16.1 Å². The Balaban J connectivity index is 2.09. The first-order valence-electron chi connectivity index (χ1n) is 8.32. The number of hydrogen-bond acceptors (Lipinski definition) is 4. The third-order valence-corrected chi connectivity index (χ3v) is 4.20. The maximum absolute atomic E-state index is 12.8. The second kappa shape index (κ2) is 8.89. The number of nitrogens with zero attached hydrogens (tertiary/aromatic N) is 1. The molecule has 128 valence electrons. The third-order valence-electron chi connectivity index (χ3n) is 4.20. The molecule has 1 heterocycles. The largest absolute Gasteiger partial charge is 0.497 e. The quantitative estimate of drug-likeness (QED) is 0.796. The van der Waals surface area contributed by atoms with Crippen LogP contribution < -0.4 is 10.1 Å². The van der Waals surface area contributed by atoms with Crippen LogP contribution in [0.5, 0.6) is 5.75 Å². The number of hydrogen-bond donors (Lipinski definition) is 1. The van der Waals surface area contributed by atoms with E-state index in [-0.39, 0.29) is 17.9 Å². The fraction of sp³-hybridized carbons (Fsp3) is 0.611. The van der Waals surface area contributed by atoms with Crippen LogP contribution in [0.3, 0.4) is 0 Å². The molecular weight excluding hydrogens is 292 g/mol. The molecule has 0 spiro atoms. The van der Waals surface area contributed by atoms with Gasteiger partial charge < -0.3 is 19.7 Å². The third kappa shape index (κ3) is 5.22. The van der Waals surface area contributed by atoms with Gasteiger partial charge in [-0.15, -0.1) is 0 Å². The first-order chi connectivity index (χ1) is 11.1. The molecule has 1 fully saturated rings. The van der Waals surface area contributed by atoms with Crippen molar-refractivity contribution in [2.45, 2.75) is 32.4 Å². The van der Waals surface area contributed by atoms with Gasteiger partial charge in [-0.2, -0.15) is 0 Å². The Morgan fingerprint density at radius 1 is 1.52 bits per heavy atom. The minimum absolute atomic E-state index is 0.0491. The zero-order chi connectivity index (χ0) is 16.7. The number of carbonyl (C=O) groups is 1. The minimum atomic E-state index is -0.0491. The van der Waals surface area contributed by atoms with Crippen molar-refractivity contribution in [3.05, 3.63) is 29.8 Å². The van der Waals surface area contributed by atoms with E-state index in [0.717, 1.165) is 30.8 Å². The summed E-state index contributed by atoms with van der Waals surface area (Å²) in [6.45, 7) is 4.69. The van der Waals surface area contributed by atoms with Crippen LogP contribution in [0, 0.1) is 5.92 Å². The molecule has 23 heavy (non-hydrogen) atoms. The fourth-order valence-corrected chi connectivity index (χ4v) is 2.96. The maximum Gasteiger partial charge on any atom is 0.227 e. The van der Waals surface area contributed by atoms with E-state index in [4.69, 9.17) is 9.47 Å².